The van der Waals surface area contributed by atoms with Gasteiger partial charge < -0.3 is 14.6 Å². The van der Waals surface area contributed by atoms with Gasteiger partial charge in [-0.1, -0.05) is 13.8 Å². The summed E-state index contributed by atoms with van der Waals surface area (Å²) in [6.45, 7) is 9.69. The Morgan fingerprint density at radius 1 is 1.35 bits per heavy atom. The number of rotatable bonds is 7. The second kappa shape index (κ2) is 6.97. The Morgan fingerprint density at radius 2 is 1.88 bits per heavy atom. The molecule has 102 valence electrons. The van der Waals surface area contributed by atoms with Gasteiger partial charge in [0.25, 0.3) is 0 Å². The van der Waals surface area contributed by atoms with Gasteiger partial charge in [-0.25, -0.2) is 0 Å². The molecule has 0 aliphatic heterocycles. The molecule has 0 fully saturated rings. The summed E-state index contributed by atoms with van der Waals surface area (Å²) >= 11 is 0. The summed E-state index contributed by atoms with van der Waals surface area (Å²) in [6.07, 6.45) is -0.338. The fraction of sp³-hybridized carbons (Fsp3) is 0.923. The molecule has 0 radical (unpaired) electrons. The first-order chi connectivity index (χ1) is 7.75. The van der Waals surface area contributed by atoms with Crippen LogP contribution in [0.1, 0.15) is 41.0 Å². The van der Waals surface area contributed by atoms with Gasteiger partial charge in [-0.3, -0.25) is 4.79 Å². The van der Waals surface area contributed by atoms with Crippen LogP contribution < -0.4 is 0 Å². The quantitative estimate of drug-likeness (QED) is 0.698. The van der Waals surface area contributed by atoms with Crippen molar-refractivity contribution >= 4 is 5.97 Å². The van der Waals surface area contributed by atoms with Crippen LogP contribution in [0.4, 0.5) is 0 Å². The Labute approximate surface area is 104 Å². The number of carbonyl (C=O) groups excluding carboxylic acids is 1. The molecule has 17 heavy (non-hydrogen) atoms. The largest absolute Gasteiger partial charge is 0.466 e. The Morgan fingerprint density at radius 3 is 2.24 bits per heavy atom. The smallest absolute Gasteiger partial charge is 0.311 e. The van der Waals surface area contributed by atoms with Crippen LogP contribution in [0.3, 0.4) is 0 Å². The molecule has 4 nitrogen and oxygen atoms in total. The molecule has 0 aliphatic carbocycles. The molecule has 0 aromatic carbocycles. The number of methoxy groups -OCH3 is 1. The normalized spacial score (nSPS) is 15.8. The van der Waals surface area contributed by atoms with E-state index in [1.165, 1.54) is 0 Å². The van der Waals surface area contributed by atoms with E-state index in [0.29, 0.717) is 13.0 Å². The van der Waals surface area contributed by atoms with Gasteiger partial charge in [0, 0.05) is 13.5 Å². The summed E-state index contributed by atoms with van der Waals surface area (Å²) < 4.78 is 10.3. The number of hydrogen-bond acceptors (Lipinski definition) is 4. The number of hydrogen-bond donors (Lipinski definition) is 1. The van der Waals surface area contributed by atoms with Crippen molar-refractivity contribution in [2.75, 3.05) is 13.7 Å². The monoisotopic (exact) mass is 246 g/mol. The van der Waals surface area contributed by atoms with Crippen LogP contribution in [0.5, 0.6) is 0 Å². The standard InChI is InChI=1S/C13H26O4/c1-7-17-12(15)11(9(2)3)10(14)8-13(4,5)16-6/h9-11,14H,7-8H2,1-6H3. The van der Waals surface area contributed by atoms with E-state index in [0.717, 1.165) is 0 Å². The van der Waals surface area contributed by atoms with Gasteiger partial charge in [-0.15, -0.1) is 0 Å². The van der Waals surface area contributed by atoms with E-state index < -0.39 is 17.6 Å². The Balaban J connectivity index is 4.66. The molecule has 0 heterocycles. The first-order valence-corrected chi connectivity index (χ1v) is 6.15. The second-order valence-electron chi connectivity index (χ2n) is 5.26. The van der Waals surface area contributed by atoms with Crippen molar-refractivity contribution < 1.29 is 19.4 Å². The van der Waals surface area contributed by atoms with Crippen molar-refractivity contribution in [3.63, 3.8) is 0 Å². The molecular weight excluding hydrogens is 220 g/mol. The molecule has 0 saturated heterocycles. The highest BCUT2D eigenvalue weighted by molar-refractivity contribution is 5.73. The highest BCUT2D eigenvalue weighted by Crippen LogP contribution is 2.25. The molecule has 4 heteroatoms. The van der Waals surface area contributed by atoms with Gasteiger partial charge in [0.1, 0.15) is 0 Å². The Bertz CT molecular complexity index is 236. The molecule has 0 amide bonds. The van der Waals surface area contributed by atoms with Gasteiger partial charge in [-0.05, 0) is 26.7 Å². The maximum atomic E-state index is 11.8. The first kappa shape index (κ1) is 16.4. The number of ether oxygens (including phenoxy) is 2. The molecule has 0 aromatic heterocycles. The van der Waals surface area contributed by atoms with E-state index in [-0.39, 0.29) is 11.9 Å². The average Bonchev–Trinajstić information content (AvgIpc) is 2.16. The average molecular weight is 246 g/mol. The van der Waals surface area contributed by atoms with Gasteiger partial charge in [-0.2, -0.15) is 0 Å². The van der Waals surface area contributed by atoms with Crippen molar-refractivity contribution in [3.8, 4) is 0 Å². The zero-order valence-corrected chi connectivity index (χ0v) is 11.8. The van der Waals surface area contributed by atoms with Crippen LogP contribution >= 0.6 is 0 Å². The number of aliphatic hydroxyl groups excluding tert-OH is 1. The predicted octanol–water partition coefficient (Wildman–Crippen LogP) is 2.00. The first-order valence-electron chi connectivity index (χ1n) is 6.15. The molecule has 1 N–H and O–H groups in total. The van der Waals surface area contributed by atoms with E-state index in [1.54, 1.807) is 14.0 Å². The summed E-state index contributed by atoms with van der Waals surface area (Å²) in [5.74, 6) is -0.789. The minimum atomic E-state index is -0.746. The predicted molar refractivity (Wildman–Crippen MR) is 66.7 cm³/mol. The summed E-state index contributed by atoms with van der Waals surface area (Å²) in [7, 11) is 1.60. The second-order valence-corrected chi connectivity index (χ2v) is 5.26. The SMILES string of the molecule is CCOC(=O)C(C(C)C)C(O)CC(C)(C)OC. The van der Waals surface area contributed by atoms with E-state index in [2.05, 4.69) is 0 Å². The molecule has 0 aliphatic rings. The van der Waals surface area contributed by atoms with Crippen LogP contribution in [-0.2, 0) is 14.3 Å². The van der Waals surface area contributed by atoms with Crippen molar-refractivity contribution in [2.24, 2.45) is 11.8 Å². The topological polar surface area (TPSA) is 55.8 Å². The zero-order chi connectivity index (χ0) is 13.6. The summed E-state index contributed by atoms with van der Waals surface area (Å²) in [5.41, 5.74) is -0.445. The number of aliphatic hydroxyl groups is 1. The lowest BCUT2D eigenvalue weighted by molar-refractivity contribution is -0.156. The highest BCUT2D eigenvalue weighted by atomic mass is 16.5. The van der Waals surface area contributed by atoms with Gasteiger partial charge in [0.15, 0.2) is 0 Å². The van der Waals surface area contributed by atoms with E-state index in [1.807, 2.05) is 27.7 Å². The maximum Gasteiger partial charge on any atom is 0.311 e. The van der Waals surface area contributed by atoms with E-state index >= 15 is 0 Å². The summed E-state index contributed by atoms with van der Waals surface area (Å²) in [6, 6.07) is 0. The lowest BCUT2D eigenvalue weighted by atomic mass is 9.85. The van der Waals surface area contributed by atoms with Crippen LogP contribution in [0.2, 0.25) is 0 Å². The van der Waals surface area contributed by atoms with Crippen LogP contribution in [0, 0.1) is 11.8 Å². The van der Waals surface area contributed by atoms with Crippen molar-refractivity contribution in [3.05, 3.63) is 0 Å². The molecule has 0 saturated carbocycles. The van der Waals surface area contributed by atoms with Crippen molar-refractivity contribution in [1.82, 2.24) is 0 Å². The summed E-state index contributed by atoms with van der Waals surface area (Å²) in [4.78, 5) is 11.8. The lowest BCUT2D eigenvalue weighted by Gasteiger charge is -2.31. The molecule has 0 rings (SSSR count). The molecular formula is C13H26O4. The van der Waals surface area contributed by atoms with Crippen LogP contribution in [0.15, 0.2) is 0 Å². The molecule has 2 unspecified atom stereocenters. The Kier molecular flexibility index (Phi) is 6.72. The minimum Gasteiger partial charge on any atom is -0.466 e. The lowest BCUT2D eigenvalue weighted by Crippen LogP contribution is -2.39. The maximum absolute atomic E-state index is 11.8. The van der Waals surface area contributed by atoms with E-state index in [9.17, 15) is 9.90 Å². The fourth-order valence-corrected chi connectivity index (χ4v) is 1.83. The van der Waals surface area contributed by atoms with Crippen LogP contribution in [0.25, 0.3) is 0 Å². The number of carbonyl (C=O) groups is 1. The molecule has 0 bridgehead atoms. The third-order valence-corrected chi connectivity index (χ3v) is 2.94. The molecule has 2 atom stereocenters. The third-order valence-electron chi connectivity index (χ3n) is 2.94. The zero-order valence-electron chi connectivity index (χ0n) is 11.8. The van der Waals surface area contributed by atoms with Gasteiger partial charge in [0.2, 0.25) is 0 Å². The van der Waals surface area contributed by atoms with Crippen molar-refractivity contribution in [1.29, 1.82) is 0 Å². The summed E-state index contributed by atoms with van der Waals surface area (Å²) in [5, 5.41) is 10.2. The van der Waals surface area contributed by atoms with Gasteiger partial charge in [0.05, 0.1) is 24.2 Å². The highest BCUT2D eigenvalue weighted by Gasteiger charge is 2.34. The Hall–Kier alpha value is -0.610. The fourth-order valence-electron chi connectivity index (χ4n) is 1.83. The molecule has 0 spiro atoms. The van der Waals surface area contributed by atoms with Crippen LogP contribution in [-0.4, -0.2) is 36.5 Å². The number of esters is 1. The van der Waals surface area contributed by atoms with Crippen molar-refractivity contribution in [2.45, 2.75) is 52.7 Å². The van der Waals surface area contributed by atoms with Gasteiger partial charge >= 0.3 is 5.97 Å². The van der Waals surface area contributed by atoms with E-state index in [4.69, 9.17) is 9.47 Å². The minimum absolute atomic E-state index is 0.0386. The third kappa shape index (κ3) is 5.50. The molecule has 0 aromatic rings.